The van der Waals surface area contributed by atoms with Gasteiger partial charge in [-0.2, -0.15) is 0 Å². The van der Waals surface area contributed by atoms with Gasteiger partial charge in [-0.05, 0) is 12.1 Å². The molecule has 7 heteroatoms. The molecule has 0 aromatic carbocycles. The minimum absolute atomic E-state index is 0.130. The number of nitrogens with two attached hydrogens (primary N) is 1. The summed E-state index contributed by atoms with van der Waals surface area (Å²) in [6, 6.07) is 3.77. The number of pyridine rings is 1. The van der Waals surface area contributed by atoms with Crippen molar-refractivity contribution in [3.05, 3.63) is 52.0 Å². The molecule has 0 unspecified atom stereocenters. The molecule has 0 amide bonds. The second kappa shape index (κ2) is 4.05. The molecule has 2 heterocycles. The van der Waals surface area contributed by atoms with Crippen LogP contribution in [-0.4, -0.2) is 15.7 Å². The molecule has 0 radical (unpaired) electrons. The summed E-state index contributed by atoms with van der Waals surface area (Å²) in [7, 11) is 0. The van der Waals surface area contributed by atoms with E-state index in [0.717, 1.165) is 6.07 Å². The van der Waals surface area contributed by atoms with Crippen LogP contribution < -0.4 is 5.73 Å². The normalized spacial score (nSPS) is 10.1. The van der Waals surface area contributed by atoms with Crippen molar-refractivity contribution in [2.75, 3.05) is 5.73 Å². The summed E-state index contributed by atoms with van der Waals surface area (Å²) in [5, 5.41) is 10.4. The number of hydrogen-bond donors (Lipinski definition) is 1. The lowest BCUT2D eigenvalue weighted by atomic mass is 10.1. The predicted molar refractivity (Wildman–Crippen MR) is 57.4 cm³/mol. The summed E-state index contributed by atoms with van der Waals surface area (Å²) < 4.78 is 4.79. The van der Waals surface area contributed by atoms with Crippen LogP contribution in [-0.2, 0) is 0 Å². The van der Waals surface area contributed by atoms with Crippen molar-refractivity contribution in [1.29, 1.82) is 0 Å². The molecule has 0 aliphatic carbocycles. The molecule has 0 aliphatic heterocycles. The van der Waals surface area contributed by atoms with Crippen molar-refractivity contribution in [3.8, 4) is 0 Å². The van der Waals surface area contributed by atoms with Gasteiger partial charge in [0.25, 0.3) is 0 Å². The van der Waals surface area contributed by atoms with Crippen LogP contribution in [0.2, 0.25) is 0 Å². The Morgan fingerprint density at radius 1 is 1.41 bits per heavy atom. The van der Waals surface area contributed by atoms with Gasteiger partial charge in [0.1, 0.15) is 4.92 Å². The summed E-state index contributed by atoms with van der Waals surface area (Å²) in [6.45, 7) is 0. The molecule has 7 nitrogen and oxygen atoms in total. The summed E-state index contributed by atoms with van der Waals surface area (Å²) in [6.07, 6.45) is 2.73. The first-order valence-electron chi connectivity index (χ1n) is 4.58. The molecule has 0 saturated heterocycles. The Morgan fingerprint density at radius 3 is 2.76 bits per heavy atom. The fourth-order valence-electron chi connectivity index (χ4n) is 1.29. The Balaban J connectivity index is 2.37. The molecule has 0 bridgehead atoms. The van der Waals surface area contributed by atoms with Crippen LogP contribution in [0.5, 0.6) is 0 Å². The fourth-order valence-corrected chi connectivity index (χ4v) is 1.29. The average Bonchev–Trinajstić information content (AvgIpc) is 2.78. The molecule has 2 aromatic heterocycles. The van der Waals surface area contributed by atoms with Crippen LogP contribution >= 0.6 is 0 Å². The third-order valence-corrected chi connectivity index (χ3v) is 2.09. The van der Waals surface area contributed by atoms with E-state index in [0.29, 0.717) is 0 Å². The van der Waals surface area contributed by atoms with Gasteiger partial charge in [0.05, 0.1) is 23.5 Å². The van der Waals surface area contributed by atoms with Crippen LogP contribution in [0.25, 0.3) is 0 Å². The van der Waals surface area contributed by atoms with Crippen LogP contribution in [0.4, 0.5) is 11.6 Å². The highest BCUT2D eigenvalue weighted by Crippen LogP contribution is 2.20. The summed E-state index contributed by atoms with van der Waals surface area (Å²) >= 11 is 0. The standard InChI is InChI=1S/C10H7N3O4/c11-7-5-12-4-3-6(7)10(14)8-1-2-9(17-8)13(15)16/h1-5H,11H2. The molecule has 0 fully saturated rings. The number of ketones is 1. The molecule has 2 rings (SSSR count). The van der Waals surface area contributed by atoms with Crippen molar-refractivity contribution in [1.82, 2.24) is 4.98 Å². The lowest BCUT2D eigenvalue weighted by Gasteiger charge is -2.00. The number of carbonyl (C=O) groups is 1. The molecule has 0 spiro atoms. The monoisotopic (exact) mass is 233 g/mol. The molecule has 0 aliphatic rings. The fraction of sp³-hybridized carbons (Fsp3) is 0. The van der Waals surface area contributed by atoms with Gasteiger partial charge in [-0.1, -0.05) is 0 Å². The number of hydrogen-bond acceptors (Lipinski definition) is 6. The maximum atomic E-state index is 11.9. The van der Waals surface area contributed by atoms with E-state index in [9.17, 15) is 14.9 Å². The predicted octanol–water partition coefficient (Wildman–Crippen LogP) is 1.40. The Bertz CT molecular complexity index is 591. The van der Waals surface area contributed by atoms with Crippen LogP contribution in [0.15, 0.2) is 35.0 Å². The van der Waals surface area contributed by atoms with Gasteiger partial charge in [-0.15, -0.1) is 0 Å². The third kappa shape index (κ3) is 1.98. The van der Waals surface area contributed by atoms with Gasteiger partial charge >= 0.3 is 5.88 Å². The number of nitrogens with zero attached hydrogens (tertiary/aromatic N) is 2. The number of nitro groups is 1. The molecule has 0 saturated carbocycles. The van der Waals surface area contributed by atoms with Gasteiger partial charge in [-0.3, -0.25) is 19.9 Å². The Labute approximate surface area is 95.0 Å². The van der Waals surface area contributed by atoms with Crippen LogP contribution in [0.1, 0.15) is 16.1 Å². The van der Waals surface area contributed by atoms with E-state index in [4.69, 9.17) is 10.2 Å². The number of anilines is 1. The third-order valence-electron chi connectivity index (χ3n) is 2.09. The van der Waals surface area contributed by atoms with E-state index in [1.54, 1.807) is 0 Å². The lowest BCUT2D eigenvalue weighted by molar-refractivity contribution is -0.402. The number of nitrogen functional groups attached to an aromatic ring is 1. The molecule has 17 heavy (non-hydrogen) atoms. The molecule has 86 valence electrons. The first kappa shape index (κ1) is 10.8. The van der Waals surface area contributed by atoms with Crippen molar-refractivity contribution >= 4 is 17.4 Å². The molecular formula is C10H7N3O4. The molecule has 0 atom stereocenters. The number of aromatic nitrogens is 1. The highest BCUT2D eigenvalue weighted by molar-refractivity contribution is 6.10. The maximum Gasteiger partial charge on any atom is 0.433 e. The summed E-state index contributed by atoms with van der Waals surface area (Å²) in [4.78, 5) is 25.3. The minimum atomic E-state index is -0.716. The zero-order valence-electron chi connectivity index (χ0n) is 8.49. The average molecular weight is 233 g/mol. The highest BCUT2D eigenvalue weighted by Gasteiger charge is 2.20. The van der Waals surface area contributed by atoms with Crippen molar-refractivity contribution < 1.29 is 14.1 Å². The number of rotatable bonds is 3. The molecule has 2 aromatic rings. The Kier molecular flexibility index (Phi) is 2.57. The van der Waals surface area contributed by atoms with E-state index in [1.165, 1.54) is 24.5 Å². The van der Waals surface area contributed by atoms with Crippen molar-refractivity contribution in [2.24, 2.45) is 0 Å². The van der Waals surface area contributed by atoms with Gasteiger partial charge < -0.3 is 10.2 Å². The van der Waals surface area contributed by atoms with Gasteiger partial charge in [-0.25, -0.2) is 0 Å². The van der Waals surface area contributed by atoms with Crippen LogP contribution in [0, 0.1) is 10.1 Å². The van der Waals surface area contributed by atoms with E-state index in [1.807, 2.05) is 0 Å². The molecular weight excluding hydrogens is 226 g/mol. The Morgan fingerprint density at radius 2 is 2.18 bits per heavy atom. The topological polar surface area (TPSA) is 112 Å². The second-order valence-electron chi connectivity index (χ2n) is 3.19. The first-order valence-corrected chi connectivity index (χ1v) is 4.58. The lowest BCUT2D eigenvalue weighted by Crippen LogP contribution is -2.04. The SMILES string of the molecule is Nc1cnccc1C(=O)c1ccc([N+](=O)[O-])o1. The summed E-state index contributed by atoms with van der Waals surface area (Å²) in [5.41, 5.74) is 5.96. The van der Waals surface area contributed by atoms with E-state index < -0.39 is 16.6 Å². The summed E-state index contributed by atoms with van der Waals surface area (Å²) in [5.74, 6) is -1.13. The van der Waals surface area contributed by atoms with E-state index in [2.05, 4.69) is 4.98 Å². The smallest absolute Gasteiger partial charge is 0.397 e. The Hall–Kier alpha value is -2.70. The number of furan rings is 1. The van der Waals surface area contributed by atoms with Gasteiger partial charge in [0.2, 0.25) is 5.78 Å². The number of carbonyl (C=O) groups excluding carboxylic acids is 1. The van der Waals surface area contributed by atoms with Crippen molar-refractivity contribution in [3.63, 3.8) is 0 Å². The maximum absolute atomic E-state index is 11.9. The minimum Gasteiger partial charge on any atom is -0.397 e. The van der Waals surface area contributed by atoms with Gasteiger partial charge in [0, 0.05) is 6.20 Å². The zero-order valence-corrected chi connectivity index (χ0v) is 8.49. The second-order valence-corrected chi connectivity index (χ2v) is 3.19. The van der Waals surface area contributed by atoms with E-state index >= 15 is 0 Å². The van der Waals surface area contributed by atoms with E-state index in [-0.39, 0.29) is 17.0 Å². The largest absolute Gasteiger partial charge is 0.433 e. The molecule has 2 N–H and O–H groups in total. The highest BCUT2D eigenvalue weighted by atomic mass is 16.6. The van der Waals surface area contributed by atoms with Gasteiger partial charge in [0.15, 0.2) is 5.76 Å². The van der Waals surface area contributed by atoms with Crippen LogP contribution in [0.3, 0.4) is 0 Å². The quantitative estimate of drug-likeness (QED) is 0.487. The first-order chi connectivity index (χ1) is 8.09. The zero-order chi connectivity index (χ0) is 12.4. The van der Waals surface area contributed by atoms with Crippen molar-refractivity contribution in [2.45, 2.75) is 0 Å².